The third-order valence-electron chi connectivity index (χ3n) is 3.80. The predicted octanol–water partition coefficient (Wildman–Crippen LogP) is 0.168. The molecular weight excluding hydrogens is 266 g/mol. The molecule has 0 saturated carbocycles. The van der Waals surface area contributed by atoms with Gasteiger partial charge in [-0.2, -0.15) is 0 Å². The van der Waals surface area contributed by atoms with Crippen molar-refractivity contribution in [3.8, 4) is 11.8 Å². The van der Waals surface area contributed by atoms with E-state index in [4.69, 9.17) is 0 Å². The SMILES string of the molecule is CC#CCn1c(N2CCNCC2)cc2ncn(C)c(=O)c21. The lowest BCUT2D eigenvalue weighted by atomic mass is 10.3. The van der Waals surface area contributed by atoms with E-state index in [-0.39, 0.29) is 5.56 Å². The van der Waals surface area contributed by atoms with Gasteiger partial charge in [-0.25, -0.2) is 4.98 Å². The Morgan fingerprint density at radius 1 is 1.38 bits per heavy atom. The summed E-state index contributed by atoms with van der Waals surface area (Å²) in [6, 6.07) is 2.00. The number of piperazine rings is 1. The maximum absolute atomic E-state index is 12.4. The van der Waals surface area contributed by atoms with E-state index in [1.165, 1.54) is 4.57 Å². The van der Waals surface area contributed by atoms with Crippen LogP contribution >= 0.6 is 0 Å². The van der Waals surface area contributed by atoms with Gasteiger partial charge in [0.15, 0.2) is 0 Å². The number of nitrogens with zero attached hydrogens (tertiary/aromatic N) is 4. The van der Waals surface area contributed by atoms with Crippen molar-refractivity contribution in [2.75, 3.05) is 31.1 Å². The largest absolute Gasteiger partial charge is 0.355 e. The van der Waals surface area contributed by atoms with E-state index in [0.29, 0.717) is 12.1 Å². The van der Waals surface area contributed by atoms with Crippen molar-refractivity contribution in [3.63, 3.8) is 0 Å². The molecular formula is C15H19N5O. The number of fused-ring (bicyclic) bond motifs is 1. The summed E-state index contributed by atoms with van der Waals surface area (Å²) in [7, 11) is 1.72. The highest BCUT2D eigenvalue weighted by Gasteiger charge is 2.19. The van der Waals surface area contributed by atoms with Crippen molar-refractivity contribution in [2.45, 2.75) is 13.5 Å². The molecule has 0 amide bonds. The molecule has 3 heterocycles. The lowest BCUT2D eigenvalue weighted by molar-refractivity contribution is 0.578. The fraction of sp³-hybridized carbons (Fsp3) is 0.467. The predicted molar refractivity (Wildman–Crippen MR) is 83.5 cm³/mol. The summed E-state index contributed by atoms with van der Waals surface area (Å²) in [5, 5.41) is 3.34. The Kier molecular flexibility index (Phi) is 3.67. The van der Waals surface area contributed by atoms with Gasteiger partial charge in [-0.1, -0.05) is 5.92 Å². The molecule has 1 N–H and O–H groups in total. The second-order valence-corrected chi connectivity index (χ2v) is 5.15. The van der Waals surface area contributed by atoms with Crippen molar-refractivity contribution in [2.24, 2.45) is 7.05 Å². The van der Waals surface area contributed by atoms with Crippen LogP contribution in [0.3, 0.4) is 0 Å². The number of anilines is 1. The first-order valence-electron chi connectivity index (χ1n) is 7.12. The van der Waals surface area contributed by atoms with Crippen LogP contribution in [0.5, 0.6) is 0 Å². The molecule has 0 bridgehead atoms. The van der Waals surface area contributed by atoms with E-state index in [1.54, 1.807) is 13.4 Å². The highest BCUT2D eigenvalue weighted by Crippen LogP contribution is 2.23. The zero-order chi connectivity index (χ0) is 14.8. The summed E-state index contributed by atoms with van der Waals surface area (Å²) in [5.74, 6) is 7.00. The third kappa shape index (κ3) is 2.41. The van der Waals surface area contributed by atoms with Gasteiger partial charge in [-0.3, -0.25) is 4.79 Å². The van der Waals surface area contributed by atoms with E-state index in [1.807, 2.05) is 17.6 Å². The van der Waals surface area contributed by atoms with Gasteiger partial charge in [-0.15, -0.1) is 5.92 Å². The maximum atomic E-state index is 12.4. The molecule has 6 heteroatoms. The molecule has 1 saturated heterocycles. The summed E-state index contributed by atoms with van der Waals surface area (Å²) < 4.78 is 3.51. The smallest absolute Gasteiger partial charge is 0.277 e. The van der Waals surface area contributed by atoms with E-state index in [0.717, 1.165) is 37.5 Å². The first kappa shape index (κ1) is 13.7. The zero-order valence-electron chi connectivity index (χ0n) is 12.4. The molecule has 2 aromatic heterocycles. The van der Waals surface area contributed by atoms with Crippen LogP contribution in [0.1, 0.15) is 6.92 Å². The van der Waals surface area contributed by atoms with E-state index >= 15 is 0 Å². The van der Waals surface area contributed by atoms with Crippen molar-refractivity contribution in [1.82, 2.24) is 19.4 Å². The number of nitrogens with one attached hydrogen (secondary N) is 1. The summed E-state index contributed by atoms with van der Waals surface area (Å²) >= 11 is 0. The topological polar surface area (TPSA) is 55.1 Å². The van der Waals surface area contributed by atoms with Crippen LogP contribution in [0, 0.1) is 11.8 Å². The Morgan fingerprint density at radius 2 is 2.14 bits per heavy atom. The second-order valence-electron chi connectivity index (χ2n) is 5.15. The molecule has 0 atom stereocenters. The average molecular weight is 285 g/mol. The molecule has 1 fully saturated rings. The highest BCUT2D eigenvalue weighted by molar-refractivity contribution is 5.81. The van der Waals surface area contributed by atoms with E-state index in [9.17, 15) is 4.79 Å². The summed E-state index contributed by atoms with van der Waals surface area (Å²) in [6.45, 7) is 6.08. The number of hydrogen-bond acceptors (Lipinski definition) is 4. The Labute approximate surface area is 123 Å². The summed E-state index contributed by atoms with van der Waals surface area (Å²) in [5.41, 5.74) is 1.35. The van der Waals surface area contributed by atoms with Crippen LogP contribution in [0.25, 0.3) is 11.0 Å². The normalized spacial score (nSPS) is 15.0. The van der Waals surface area contributed by atoms with Gasteiger partial charge in [-0.05, 0) is 6.92 Å². The third-order valence-corrected chi connectivity index (χ3v) is 3.80. The molecule has 21 heavy (non-hydrogen) atoms. The minimum atomic E-state index is -0.0284. The van der Waals surface area contributed by atoms with Crippen LogP contribution in [0.4, 0.5) is 5.82 Å². The standard InChI is InChI=1S/C15H19N5O/c1-3-4-7-20-13(19-8-5-16-6-9-19)10-12-14(20)15(21)18(2)11-17-12/h10-11,16H,5-9H2,1-2H3. The van der Waals surface area contributed by atoms with Crippen LogP contribution in [-0.2, 0) is 13.6 Å². The van der Waals surface area contributed by atoms with Gasteiger partial charge in [0.1, 0.15) is 11.3 Å². The fourth-order valence-electron chi connectivity index (χ4n) is 2.69. The van der Waals surface area contributed by atoms with Crippen molar-refractivity contribution in [1.29, 1.82) is 0 Å². The highest BCUT2D eigenvalue weighted by atomic mass is 16.1. The van der Waals surface area contributed by atoms with Crippen molar-refractivity contribution in [3.05, 3.63) is 22.7 Å². The second kappa shape index (κ2) is 5.62. The van der Waals surface area contributed by atoms with Crippen LogP contribution in [-0.4, -0.2) is 40.3 Å². The Morgan fingerprint density at radius 3 is 2.86 bits per heavy atom. The Bertz CT molecular complexity index is 771. The molecule has 3 rings (SSSR count). The minimum absolute atomic E-state index is 0.0284. The van der Waals surface area contributed by atoms with Crippen molar-refractivity contribution >= 4 is 16.9 Å². The number of aromatic nitrogens is 3. The molecule has 0 radical (unpaired) electrons. The Hall–Kier alpha value is -2.26. The lowest BCUT2D eigenvalue weighted by Crippen LogP contribution is -2.44. The first-order chi connectivity index (χ1) is 10.2. The average Bonchev–Trinajstić information content (AvgIpc) is 2.89. The monoisotopic (exact) mass is 285 g/mol. The molecule has 1 aliphatic heterocycles. The molecule has 0 spiro atoms. The first-order valence-corrected chi connectivity index (χ1v) is 7.12. The van der Waals surface area contributed by atoms with Gasteiger partial charge < -0.3 is 19.4 Å². The summed E-state index contributed by atoms with van der Waals surface area (Å²) in [4.78, 5) is 19.1. The molecule has 0 aromatic carbocycles. The maximum Gasteiger partial charge on any atom is 0.277 e. The van der Waals surface area contributed by atoms with E-state index < -0.39 is 0 Å². The van der Waals surface area contributed by atoms with Gasteiger partial charge in [0.2, 0.25) is 0 Å². The van der Waals surface area contributed by atoms with Gasteiger partial charge in [0, 0.05) is 39.3 Å². The zero-order valence-corrected chi connectivity index (χ0v) is 12.4. The quantitative estimate of drug-likeness (QED) is 0.799. The number of rotatable bonds is 2. The summed E-state index contributed by atoms with van der Waals surface area (Å²) in [6.07, 6.45) is 1.57. The Balaban J connectivity index is 2.19. The molecule has 2 aromatic rings. The van der Waals surface area contributed by atoms with Crippen molar-refractivity contribution < 1.29 is 0 Å². The minimum Gasteiger partial charge on any atom is -0.355 e. The van der Waals surface area contributed by atoms with E-state index in [2.05, 4.69) is 27.0 Å². The molecule has 6 nitrogen and oxygen atoms in total. The van der Waals surface area contributed by atoms with Crippen LogP contribution < -0.4 is 15.8 Å². The fourth-order valence-corrected chi connectivity index (χ4v) is 2.69. The molecule has 1 aliphatic rings. The molecule has 0 aliphatic carbocycles. The molecule has 0 unspecified atom stereocenters. The van der Waals surface area contributed by atoms with Crippen LogP contribution in [0.15, 0.2) is 17.2 Å². The van der Waals surface area contributed by atoms with Crippen LogP contribution in [0.2, 0.25) is 0 Å². The lowest BCUT2D eigenvalue weighted by Gasteiger charge is -2.29. The number of hydrogen-bond donors (Lipinski definition) is 1. The van der Waals surface area contributed by atoms with Gasteiger partial charge >= 0.3 is 0 Å². The van der Waals surface area contributed by atoms with Gasteiger partial charge in [0.25, 0.3) is 5.56 Å². The number of aryl methyl sites for hydroxylation is 1. The van der Waals surface area contributed by atoms with Gasteiger partial charge in [0.05, 0.1) is 18.4 Å². The molecule has 110 valence electrons.